The Morgan fingerprint density at radius 1 is 0.680 bits per heavy atom. The summed E-state index contributed by atoms with van der Waals surface area (Å²) in [6, 6.07) is 12.6. The number of aryl methyl sites for hydroxylation is 3. The molecule has 50 heavy (non-hydrogen) atoms. The van der Waals surface area contributed by atoms with Gasteiger partial charge in [-0.1, -0.05) is 23.8 Å². The lowest BCUT2D eigenvalue weighted by Gasteiger charge is -2.20. The highest BCUT2D eigenvalue weighted by Crippen LogP contribution is 2.27. The van der Waals surface area contributed by atoms with Gasteiger partial charge in [-0.05, 0) is 98.6 Å². The molecule has 1 aliphatic rings. The van der Waals surface area contributed by atoms with Crippen molar-refractivity contribution in [3.05, 3.63) is 105 Å². The second-order valence-corrected chi connectivity index (χ2v) is 14.4. The first kappa shape index (κ1) is 35.6. The highest BCUT2D eigenvalue weighted by molar-refractivity contribution is 5.92. The molecule has 0 spiro atoms. The van der Waals surface area contributed by atoms with E-state index < -0.39 is 0 Å². The summed E-state index contributed by atoms with van der Waals surface area (Å²) in [7, 11) is 0. The number of fused-ring (bicyclic) bond motifs is 4. The van der Waals surface area contributed by atoms with Crippen molar-refractivity contribution < 1.29 is 0 Å². The van der Waals surface area contributed by atoms with Gasteiger partial charge in [0.15, 0.2) is 22.3 Å². The van der Waals surface area contributed by atoms with Crippen LogP contribution >= 0.6 is 0 Å². The largest absolute Gasteiger partial charge is 0.342 e. The third-order valence-electron chi connectivity index (χ3n) is 7.87. The van der Waals surface area contributed by atoms with E-state index in [2.05, 4.69) is 96.0 Å². The van der Waals surface area contributed by atoms with E-state index in [1.54, 1.807) is 12.7 Å². The van der Waals surface area contributed by atoms with Gasteiger partial charge in [-0.3, -0.25) is 14.6 Å². The molecular weight excluding hydrogens is 630 g/mol. The van der Waals surface area contributed by atoms with Gasteiger partial charge in [0.2, 0.25) is 0 Å². The molecule has 0 bridgehead atoms. The van der Waals surface area contributed by atoms with E-state index in [0.717, 1.165) is 29.0 Å². The maximum absolute atomic E-state index is 11.3. The Morgan fingerprint density at radius 2 is 1.20 bits per heavy atom. The molecule has 0 aliphatic carbocycles. The number of nitrogens with one attached hydrogen (secondary N) is 3. The summed E-state index contributed by atoms with van der Waals surface area (Å²) in [5.41, 5.74) is 9.94. The van der Waals surface area contributed by atoms with Crippen LogP contribution in [0.3, 0.4) is 0 Å². The van der Waals surface area contributed by atoms with Gasteiger partial charge in [-0.2, -0.15) is 0 Å². The summed E-state index contributed by atoms with van der Waals surface area (Å²) in [4.78, 5) is 55.9. The summed E-state index contributed by atoms with van der Waals surface area (Å²) in [5.74, 6) is 0.977. The van der Waals surface area contributed by atoms with Crippen LogP contribution in [-0.2, 0) is 17.5 Å². The lowest BCUT2D eigenvalue weighted by Crippen LogP contribution is -2.21. The molecule has 0 saturated carbocycles. The molecule has 260 valence electrons. The van der Waals surface area contributed by atoms with Crippen LogP contribution in [0.2, 0.25) is 0 Å². The van der Waals surface area contributed by atoms with E-state index in [0.29, 0.717) is 22.3 Å². The fourth-order valence-electron chi connectivity index (χ4n) is 5.41. The van der Waals surface area contributed by atoms with Crippen molar-refractivity contribution in [3.63, 3.8) is 0 Å². The maximum Gasteiger partial charge on any atom is 0.278 e. The zero-order valence-electron chi connectivity index (χ0n) is 30.4. The molecular formula is C37H45N11O2. The van der Waals surface area contributed by atoms with Crippen LogP contribution in [0, 0.1) is 20.8 Å². The third-order valence-corrected chi connectivity index (χ3v) is 7.87. The van der Waals surface area contributed by atoms with Gasteiger partial charge in [-0.15, -0.1) is 0 Å². The Kier molecular flexibility index (Phi) is 9.98. The van der Waals surface area contributed by atoms with Crippen molar-refractivity contribution in [1.82, 2.24) is 49.0 Å². The predicted octanol–water partition coefficient (Wildman–Crippen LogP) is 6.57. The lowest BCUT2D eigenvalue weighted by molar-refractivity contribution is 0.405. The number of aromatic nitrogens is 10. The first-order chi connectivity index (χ1) is 23.5. The van der Waals surface area contributed by atoms with Gasteiger partial charge < -0.3 is 24.1 Å². The highest BCUT2D eigenvalue weighted by atomic mass is 16.1. The normalized spacial score (nSPS) is 12.4. The topological polar surface area (TPSA) is 168 Å². The van der Waals surface area contributed by atoms with E-state index in [9.17, 15) is 9.59 Å². The summed E-state index contributed by atoms with van der Waals surface area (Å²) < 4.78 is 3.77. The van der Waals surface area contributed by atoms with E-state index >= 15 is 0 Å². The zero-order valence-corrected chi connectivity index (χ0v) is 30.4. The number of hydrogen-bond acceptors (Lipinski definition) is 8. The number of hydrogen-bond donors (Lipinski definition) is 3. The summed E-state index contributed by atoms with van der Waals surface area (Å²) >= 11 is 0. The molecule has 0 saturated heterocycles. The number of aliphatic imine (C=N–C) groups is 1. The molecule has 2 aromatic carbocycles. The molecule has 0 atom stereocenters. The number of imidazole rings is 3. The van der Waals surface area contributed by atoms with E-state index in [-0.39, 0.29) is 22.2 Å². The fourth-order valence-corrected chi connectivity index (χ4v) is 5.41. The minimum atomic E-state index is -0.196. The van der Waals surface area contributed by atoms with Crippen molar-refractivity contribution in [2.24, 2.45) is 4.99 Å². The molecule has 1 aliphatic heterocycles. The van der Waals surface area contributed by atoms with Crippen molar-refractivity contribution in [2.45, 2.75) is 86.7 Å². The van der Waals surface area contributed by atoms with E-state index in [1.165, 1.54) is 35.1 Å². The number of benzene rings is 2. The monoisotopic (exact) mass is 675 g/mol. The molecule has 5 aromatic heterocycles. The smallest absolute Gasteiger partial charge is 0.278 e. The van der Waals surface area contributed by atoms with Gasteiger partial charge in [0.25, 0.3) is 11.1 Å². The summed E-state index contributed by atoms with van der Waals surface area (Å²) in [6.45, 7) is 20.5. The Balaban J connectivity index is 0.000000130. The maximum atomic E-state index is 11.3. The second kappa shape index (κ2) is 14.0. The lowest BCUT2D eigenvalue weighted by atomic mass is 10.1. The number of nitrogens with zero attached hydrogens (tertiary/aromatic N) is 8. The van der Waals surface area contributed by atoms with Crippen LogP contribution in [0.15, 0.2) is 76.3 Å². The van der Waals surface area contributed by atoms with Crippen molar-refractivity contribution in [3.8, 4) is 0 Å². The quantitative estimate of drug-likeness (QED) is 0.163. The summed E-state index contributed by atoms with van der Waals surface area (Å²) in [6.07, 6.45) is 7.12. The van der Waals surface area contributed by atoms with Crippen LogP contribution in [0.1, 0.15) is 71.0 Å². The molecule has 7 aromatic rings. The van der Waals surface area contributed by atoms with Crippen LogP contribution in [-0.4, -0.2) is 54.7 Å². The Hall–Kier alpha value is -5.72. The second-order valence-electron chi connectivity index (χ2n) is 14.4. The molecule has 13 nitrogen and oxygen atoms in total. The minimum absolute atomic E-state index is 0.116. The van der Waals surface area contributed by atoms with Crippen LogP contribution in [0.5, 0.6) is 0 Å². The molecule has 8 rings (SSSR count). The van der Waals surface area contributed by atoms with Gasteiger partial charge in [0.1, 0.15) is 5.82 Å². The molecule has 0 amide bonds. The molecule has 3 N–H and O–H groups in total. The first-order valence-corrected chi connectivity index (χ1v) is 16.4. The van der Waals surface area contributed by atoms with Gasteiger partial charge >= 0.3 is 0 Å². The molecule has 0 unspecified atom stereocenters. The van der Waals surface area contributed by atoms with Crippen molar-refractivity contribution in [1.29, 1.82) is 0 Å². The molecule has 0 fully saturated rings. The van der Waals surface area contributed by atoms with E-state index in [1.807, 2.05) is 63.7 Å². The number of rotatable bonds is 0. The van der Waals surface area contributed by atoms with Crippen LogP contribution in [0.25, 0.3) is 33.4 Å². The van der Waals surface area contributed by atoms with Crippen LogP contribution in [0.4, 0.5) is 5.69 Å². The first-order valence-electron chi connectivity index (χ1n) is 16.4. The van der Waals surface area contributed by atoms with Crippen molar-refractivity contribution in [2.75, 3.05) is 0 Å². The Labute approximate surface area is 290 Å². The SMILES string of the molecule is CC(C)(C)n1cnc2c(=O)[nH]cnc21.CC(C)(C)n1cnc2c(=O)[nH]cnc21.CC1=Nc2ccc(C)cc2C1.Cc1ccc2nc(C)[nH]c2c1. The highest BCUT2D eigenvalue weighted by Gasteiger charge is 2.19. The number of H-pyrrole nitrogens is 3. The zero-order chi connectivity index (χ0) is 36.4. The van der Waals surface area contributed by atoms with E-state index in [4.69, 9.17) is 0 Å². The van der Waals surface area contributed by atoms with Crippen LogP contribution < -0.4 is 11.1 Å². The fraction of sp³-hybridized carbons (Fsp3) is 0.351. The predicted molar refractivity (Wildman–Crippen MR) is 200 cm³/mol. The minimum Gasteiger partial charge on any atom is -0.342 e. The number of aromatic amines is 3. The van der Waals surface area contributed by atoms with Gasteiger partial charge in [-0.25, -0.2) is 24.9 Å². The van der Waals surface area contributed by atoms with Gasteiger partial charge in [0, 0.05) is 23.2 Å². The average Bonchev–Trinajstić information content (AvgIpc) is 3.81. The third kappa shape index (κ3) is 8.11. The molecule has 0 radical (unpaired) electrons. The Bertz CT molecular complexity index is 2330. The average molecular weight is 676 g/mol. The van der Waals surface area contributed by atoms with Crippen molar-refractivity contribution >= 4 is 44.8 Å². The Morgan fingerprint density at radius 3 is 1.74 bits per heavy atom. The standard InChI is InChI=1S/C10H11N.2C9H12N4O.C9H10N2/c1-7-3-4-10-9(5-7)6-8(2)11-10;2*1-9(2,3)13-5-12-6-7(13)10-4-11-8(6)14;1-6-3-4-8-9(5-6)11-7(2)10-8/h3-5H,6H2,1-2H3;2*4-5H,1-3H3,(H,10,11,14);3-5H,1-2H3,(H,10,11). The summed E-state index contributed by atoms with van der Waals surface area (Å²) in [5, 5.41) is 0. The van der Waals surface area contributed by atoms with Gasteiger partial charge in [0.05, 0.1) is 42.0 Å². The molecule has 13 heteroatoms. The molecule has 6 heterocycles.